The quantitative estimate of drug-likeness (QED) is 0.864. The van der Waals surface area contributed by atoms with Crippen molar-refractivity contribution in [2.45, 2.75) is 19.0 Å². The highest BCUT2D eigenvalue weighted by Gasteiger charge is 2.35. The zero-order chi connectivity index (χ0) is 16.3. The molecule has 8 heteroatoms. The van der Waals surface area contributed by atoms with Crippen LogP contribution in [0.4, 0.5) is 27.6 Å². The Hall–Kier alpha value is -1.70. The molecule has 0 aromatic heterocycles. The van der Waals surface area contributed by atoms with Crippen molar-refractivity contribution in [1.29, 1.82) is 0 Å². The Morgan fingerprint density at radius 2 is 2.00 bits per heavy atom. The molecule has 1 aliphatic heterocycles. The first-order chi connectivity index (χ1) is 10.2. The molecule has 1 heterocycles. The zero-order valence-corrected chi connectivity index (χ0v) is 11.6. The lowest BCUT2D eigenvalue weighted by atomic mass is 10.1. The molecule has 3 nitrogen and oxygen atoms in total. The topological polar surface area (TPSA) is 32.3 Å². The summed E-state index contributed by atoms with van der Waals surface area (Å²) in [7, 11) is 0. The summed E-state index contributed by atoms with van der Waals surface area (Å²) in [6.07, 6.45) is -4.67. The van der Waals surface area contributed by atoms with E-state index in [0.29, 0.717) is 13.0 Å². The largest absolute Gasteiger partial charge is 0.389 e. The molecule has 0 spiro atoms. The third-order valence-electron chi connectivity index (χ3n) is 3.46. The van der Waals surface area contributed by atoms with E-state index in [1.165, 1.54) is 6.07 Å². The number of hydrogen-bond donors (Lipinski definition) is 1. The fourth-order valence-corrected chi connectivity index (χ4v) is 2.53. The Labute approximate surface area is 124 Å². The lowest BCUT2D eigenvalue weighted by Gasteiger charge is -2.16. The van der Waals surface area contributed by atoms with E-state index in [1.807, 2.05) is 0 Å². The predicted octanol–water partition coefficient (Wildman–Crippen LogP) is 3.18. The molecule has 22 heavy (non-hydrogen) atoms. The van der Waals surface area contributed by atoms with Gasteiger partial charge in [-0.3, -0.25) is 9.69 Å². The van der Waals surface area contributed by atoms with E-state index in [0.717, 1.165) is 12.1 Å². The first kappa shape index (κ1) is 16.7. The van der Waals surface area contributed by atoms with Crippen molar-refractivity contribution in [3.63, 3.8) is 0 Å². The molecule has 1 saturated heterocycles. The SMILES string of the molecule is O=C(CN1CCC(CC(F)(F)F)C1)Nc1ccc(F)c(F)c1. The van der Waals surface area contributed by atoms with Crippen molar-refractivity contribution in [2.75, 3.05) is 25.0 Å². The smallest absolute Gasteiger partial charge is 0.325 e. The van der Waals surface area contributed by atoms with Gasteiger partial charge in [0.25, 0.3) is 0 Å². The summed E-state index contributed by atoms with van der Waals surface area (Å²) in [6, 6.07) is 2.95. The fourth-order valence-electron chi connectivity index (χ4n) is 2.53. The average molecular weight is 322 g/mol. The van der Waals surface area contributed by atoms with Gasteiger partial charge in [-0.15, -0.1) is 0 Å². The van der Waals surface area contributed by atoms with Crippen LogP contribution in [0.5, 0.6) is 0 Å². The first-order valence-electron chi connectivity index (χ1n) is 6.77. The monoisotopic (exact) mass is 322 g/mol. The summed E-state index contributed by atoms with van der Waals surface area (Å²) in [5.74, 6) is -3.08. The van der Waals surface area contributed by atoms with Crippen LogP contribution < -0.4 is 5.32 Å². The van der Waals surface area contributed by atoms with Gasteiger partial charge in [-0.25, -0.2) is 8.78 Å². The lowest BCUT2D eigenvalue weighted by Crippen LogP contribution is -2.32. The lowest BCUT2D eigenvalue weighted by molar-refractivity contribution is -0.143. The predicted molar refractivity (Wildman–Crippen MR) is 70.2 cm³/mol. The number of nitrogens with zero attached hydrogens (tertiary/aromatic N) is 1. The number of nitrogens with one attached hydrogen (secondary N) is 1. The van der Waals surface area contributed by atoms with E-state index in [1.54, 1.807) is 4.90 Å². The molecule has 1 aliphatic rings. The standard InChI is InChI=1S/C14H15F5N2O/c15-11-2-1-10(5-12(11)16)20-13(22)8-21-4-3-9(7-21)6-14(17,18)19/h1-2,5,9H,3-4,6-8H2,(H,20,22). The van der Waals surface area contributed by atoms with Crippen molar-refractivity contribution in [2.24, 2.45) is 5.92 Å². The Morgan fingerprint density at radius 1 is 1.27 bits per heavy atom. The van der Waals surface area contributed by atoms with Gasteiger partial charge in [0, 0.05) is 24.7 Å². The van der Waals surface area contributed by atoms with Crippen LogP contribution in [0, 0.1) is 17.6 Å². The molecule has 1 amide bonds. The van der Waals surface area contributed by atoms with Crippen molar-refractivity contribution >= 4 is 11.6 Å². The molecular formula is C14H15F5N2O. The van der Waals surface area contributed by atoms with E-state index >= 15 is 0 Å². The number of rotatable bonds is 4. The number of alkyl halides is 3. The van der Waals surface area contributed by atoms with Crippen molar-refractivity contribution < 1.29 is 26.7 Å². The molecule has 0 radical (unpaired) electrons. The summed E-state index contributed by atoms with van der Waals surface area (Å²) in [5, 5.41) is 2.39. The van der Waals surface area contributed by atoms with Gasteiger partial charge in [0.1, 0.15) is 0 Å². The molecule has 0 bridgehead atoms. The second kappa shape index (κ2) is 6.60. The van der Waals surface area contributed by atoms with Crippen LogP contribution in [-0.2, 0) is 4.79 Å². The normalized spacial score (nSPS) is 19.4. The zero-order valence-electron chi connectivity index (χ0n) is 11.6. The van der Waals surface area contributed by atoms with E-state index in [2.05, 4.69) is 5.32 Å². The average Bonchev–Trinajstić information content (AvgIpc) is 2.78. The van der Waals surface area contributed by atoms with Gasteiger partial charge >= 0.3 is 6.18 Å². The second-order valence-electron chi connectivity index (χ2n) is 5.39. The maximum Gasteiger partial charge on any atom is 0.389 e. The molecule has 122 valence electrons. The van der Waals surface area contributed by atoms with E-state index in [9.17, 15) is 26.7 Å². The maximum atomic E-state index is 13.0. The number of carbonyl (C=O) groups is 1. The Balaban J connectivity index is 1.81. The minimum Gasteiger partial charge on any atom is -0.325 e. The first-order valence-corrected chi connectivity index (χ1v) is 6.77. The highest BCUT2D eigenvalue weighted by Crippen LogP contribution is 2.30. The van der Waals surface area contributed by atoms with Crippen LogP contribution >= 0.6 is 0 Å². The summed E-state index contributed by atoms with van der Waals surface area (Å²) in [4.78, 5) is 13.4. The molecule has 1 N–H and O–H groups in total. The van der Waals surface area contributed by atoms with Crippen LogP contribution in [0.1, 0.15) is 12.8 Å². The van der Waals surface area contributed by atoms with Gasteiger partial charge in [-0.2, -0.15) is 13.2 Å². The molecule has 1 aromatic rings. The van der Waals surface area contributed by atoms with Gasteiger partial charge in [-0.1, -0.05) is 0 Å². The van der Waals surface area contributed by atoms with Gasteiger partial charge < -0.3 is 5.32 Å². The van der Waals surface area contributed by atoms with Gasteiger partial charge in [0.15, 0.2) is 11.6 Å². The number of hydrogen-bond acceptors (Lipinski definition) is 2. The molecule has 1 unspecified atom stereocenters. The van der Waals surface area contributed by atoms with E-state index in [-0.39, 0.29) is 18.8 Å². The maximum absolute atomic E-state index is 13.0. The summed E-state index contributed by atoms with van der Waals surface area (Å²) in [5.41, 5.74) is 0.106. The van der Waals surface area contributed by atoms with Gasteiger partial charge in [0.2, 0.25) is 5.91 Å². The van der Waals surface area contributed by atoms with Crippen molar-refractivity contribution in [3.8, 4) is 0 Å². The molecule has 0 saturated carbocycles. The number of carbonyl (C=O) groups excluding carboxylic acids is 1. The molecule has 1 atom stereocenters. The highest BCUT2D eigenvalue weighted by molar-refractivity contribution is 5.92. The fraction of sp³-hybridized carbons (Fsp3) is 0.500. The molecular weight excluding hydrogens is 307 g/mol. The highest BCUT2D eigenvalue weighted by atomic mass is 19.4. The van der Waals surface area contributed by atoms with Crippen LogP contribution in [-0.4, -0.2) is 36.6 Å². The minimum atomic E-state index is -4.20. The number of halogens is 5. The number of anilines is 1. The summed E-state index contributed by atoms with van der Waals surface area (Å²) < 4.78 is 62.6. The number of likely N-dealkylation sites (tertiary alicyclic amines) is 1. The third-order valence-corrected chi connectivity index (χ3v) is 3.46. The summed E-state index contributed by atoms with van der Waals surface area (Å²) >= 11 is 0. The van der Waals surface area contributed by atoms with Crippen LogP contribution in [0.25, 0.3) is 0 Å². The Morgan fingerprint density at radius 3 is 2.64 bits per heavy atom. The van der Waals surface area contributed by atoms with Crippen molar-refractivity contribution in [1.82, 2.24) is 4.90 Å². The van der Waals surface area contributed by atoms with Gasteiger partial charge in [-0.05, 0) is 31.0 Å². The van der Waals surface area contributed by atoms with Crippen LogP contribution in [0.3, 0.4) is 0 Å². The Kier molecular flexibility index (Phi) is 5.00. The summed E-state index contributed by atoms with van der Waals surface area (Å²) in [6.45, 7) is 0.532. The molecule has 1 aromatic carbocycles. The minimum absolute atomic E-state index is 0.0760. The second-order valence-corrected chi connectivity index (χ2v) is 5.39. The molecule has 0 aliphatic carbocycles. The van der Waals surface area contributed by atoms with Crippen LogP contribution in [0.15, 0.2) is 18.2 Å². The van der Waals surface area contributed by atoms with Crippen LogP contribution in [0.2, 0.25) is 0 Å². The van der Waals surface area contributed by atoms with E-state index in [4.69, 9.17) is 0 Å². The number of benzene rings is 1. The van der Waals surface area contributed by atoms with Crippen molar-refractivity contribution in [3.05, 3.63) is 29.8 Å². The van der Waals surface area contributed by atoms with Gasteiger partial charge in [0.05, 0.1) is 6.54 Å². The Bertz CT molecular complexity index is 547. The third kappa shape index (κ3) is 4.94. The number of amides is 1. The molecule has 1 fully saturated rings. The van der Waals surface area contributed by atoms with E-state index < -0.39 is 36.1 Å². The molecule has 2 rings (SSSR count).